The minimum atomic E-state index is -0.0110. The minimum absolute atomic E-state index is 0.0110. The van der Waals surface area contributed by atoms with Crippen molar-refractivity contribution in [3.05, 3.63) is 27.7 Å². The third kappa shape index (κ3) is 2.43. The minimum Gasteiger partial charge on any atom is -0.396 e. The number of likely N-dealkylation sites (tertiary alicyclic amines) is 1. The summed E-state index contributed by atoms with van der Waals surface area (Å²) < 4.78 is 0. The van der Waals surface area contributed by atoms with E-state index in [1.165, 1.54) is 0 Å². The Labute approximate surface area is 117 Å². The standard InChI is InChI=1S/C13H16Cl2N2O/c1-2-9-4-3-5-17(9)13(18)8-6-10(14)12(16)11(15)7-8/h6-7,9H,2-5,16H2,1H3. The van der Waals surface area contributed by atoms with Crippen molar-refractivity contribution in [1.82, 2.24) is 4.90 Å². The van der Waals surface area contributed by atoms with Gasteiger partial charge in [-0.1, -0.05) is 30.1 Å². The van der Waals surface area contributed by atoms with Crippen LogP contribution in [0.3, 0.4) is 0 Å². The van der Waals surface area contributed by atoms with Crippen LogP contribution >= 0.6 is 23.2 Å². The molecule has 5 heteroatoms. The van der Waals surface area contributed by atoms with Crippen LogP contribution in [0.5, 0.6) is 0 Å². The van der Waals surface area contributed by atoms with Crippen LogP contribution in [0.15, 0.2) is 12.1 Å². The molecule has 1 saturated heterocycles. The SMILES string of the molecule is CCC1CCCN1C(=O)c1cc(Cl)c(N)c(Cl)c1. The molecule has 1 aromatic rings. The fourth-order valence-corrected chi connectivity index (χ4v) is 2.89. The number of nitrogens with zero attached hydrogens (tertiary/aromatic N) is 1. The summed E-state index contributed by atoms with van der Waals surface area (Å²) in [5, 5.41) is 0.663. The number of carbonyl (C=O) groups is 1. The Hall–Kier alpha value is -0.930. The molecule has 1 amide bonds. The van der Waals surface area contributed by atoms with Crippen LogP contribution in [0.4, 0.5) is 5.69 Å². The molecule has 0 bridgehead atoms. The number of nitrogen functional groups attached to an aromatic ring is 1. The van der Waals surface area contributed by atoms with E-state index < -0.39 is 0 Å². The van der Waals surface area contributed by atoms with E-state index in [0.29, 0.717) is 27.3 Å². The monoisotopic (exact) mass is 286 g/mol. The van der Waals surface area contributed by atoms with E-state index in [0.717, 1.165) is 25.8 Å². The first kappa shape index (κ1) is 13.5. The largest absolute Gasteiger partial charge is 0.396 e. The Bertz CT molecular complexity index is 453. The average molecular weight is 287 g/mol. The van der Waals surface area contributed by atoms with E-state index in [4.69, 9.17) is 28.9 Å². The number of rotatable bonds is 2. The van der Waals surface area contributed by atoms with E-state index in [2.05, 4.69) is 6.92 Å². The summed E-state index contributed by atoms with van der Waals surface area (Å²) in [6.45, 7) is 2.90. The molecule has 2 rings (SSSR count). The molecule has 1 unspecified atom stereocenters. The van der Waals surface area contributed by atoms with Crippen molar-refractivity contribution in [3.63, 3.8) is 0 Å². The van der Waals surface area contributed by atoms with Crippen LogP contribution in [-0.2, 0) is 0 Å². The molecule has 0 aliphatic carbocycles. The second kappa shape index (κ2) is 5.37. The van der Waals surface area contributed by atoms with E-state index in [-0.39, 0.29) is 5.91 Å². The third-order valence-corrected chi connectivity index (χ3v) is 4.06. The molecule has 3 nitrogen and oxygen atoms in total. The third-order valence-electron chi connectivity index (χ3n) is 3.44. The maximum absolute atomic E-state index is 12.4. The predicted octanol–water partition coefficient (Wildman–Crippen LogP) is 3.59. The van der Waals surface area contributed by atoms with Gasteiger partial charge in [0.2, 0.25) is 0 Å². The Balaban J connectivity index is 2.29. The molecule has 0 aromatic heterocycles. The summed E-state index contributed by atoms with van der Waals surface area (Å²) in [7, 11) is 0. The fourth-order valence-electron chi connectivity index (χ4n) is 2.40. The highest BCUT2D eigenvalue weighted by Gasteiger charge is 2.28. The molecule has 1 fully saturated rings. The first-order valence-corrected chi connectivity index (χ1v) is 6.85. The van der Waals surface area contributed by atoms with Crippen molar-refractivity contribution in [2.45, 2.75) is 32.2 Å². The van der Waals surface area contributed by atoms with Crippen LogP contribution in [0, 0.1) is 0 Å². The summed E-state index contributed by atoms with van der Waals surface area (Å²) >= 11 is 11.9. The van der Waals surface area contributed by atoms with Crippen molar-refractivity contribution in [2.24, 2.45) is 0 Å². The molecule has 18 heavy (non-hydrogen) atoms. The van der Waals surface area contributed by atoms with Crippen LogP contribution in [0.25, 0.3) is 0 Å². The molecule has 98 valence electrons. The Morgan fingerprint density at radius 3 is 2.61 bits per heavy atom. The molecule has 0 spiro atoms. The van der Waals surface area contributed by atoms with E-state index >= 15 is 0 Å². The maximum atomic E-state index is 12.4. The molecule has 0 radical (unpaired) electrons. The summed E-state index contributed by atoms with van der Waals surface area (Å²) in [5.41, 5.74) is 6.51. The van der Waals surface area contributed by atoms with E-state index in [9.17, 15) is 4.79 Å². The zero-order valence-corrected chi connectivity index (χ0v) is 11.8. The number of nitrogens with two attached hydrogens (primary N) is 1. The topological polar surface area (TPSA) is 46.3 Å². The predicted molar refractivity (Wildman–Crippen MR) is 75.2 cm³/mol. The van der Waals surface area contributed by atoms with Crippen LogP contribution in [-0.4, -0.2) is 23.4 Å². The molecule has 1 aliphatic rings. The van der Waals surface area contributed by atoms with Crippen LogP contribution in [0.2, 0.25) is 10.0 Å². The van der Waals surface area contributed by atoms with Gasteiger partial charge in [-0.05, 0) is 31.4 Å². The highest BCUT2D eigenvalue weighted by Crippen LogP contribution is 2.30. The molecular formula is C13H16Cl2N2O. The number of benzene rings is 1. The highest BCUT2D eigenvalue weighted by atomic mass is 35.5. The molecule has 1 heterocycles. The zero-order valence-electron chi connectivity index (χ0n) is 10.2. The molecule has 1 atom stereocenters. The molecular weight excluding hydrogens is 271 g/mol. The first-order chi connectivity index (χ1) is 8.54. The second-order valence-corrected chi connectivity index (χ2v) is 5.37. The van der Waals surface area contributed by atoms with Gasteiger partial charge < -0.3 is 10.6 Å². The summed E-state index contributed by atoms with van der Waals surface area (Å²) in [5.74, 6) is -0.0110. The number of carbonyl (C=O) groups excluding carboxylic acids is 1. The summed E-state index contributed by atoms with van der Waals surface area (Å²) in [6, 6.07) is 3.51. The van der Waals surface area contributed by atoms with Gasteiger partial charge in [0.25, 0.3) is 5.91 Å². The smallest absolute Gasteiger partial charge is 0.254 e. The number of hydrogen-bond donors (Lipinski definition) is 1. The summed E-state index contributed by atoms with van der Waals surface area (Å²) in [6.07, 6.45) is 3.10. The first-order valence-electron chi connectivity index (χ1n) is 6.10. The molecule has 1 aromatic carbocycles. The lowest BCUT2D eigenvalue weighted by molar-refractivity contribution is 0.0733. The van der Waals surface area contributed by atoms with Gasteiger partial charge in [0.15, 0.2) is 0 Å². The maximum Gasteiger partial charge on any atom is 0.254 e. The Morgan fingerprint density at radius 1 is 1.44 bits per heavy atom. The van der Waals surface area contributed by atoms with Gasteiger partial charge in [0.05, 0.1) is 15.7 Å². The van der Waals surface area contributed by atoms with Gasteiger partial charge in [-0.25, -0.2) is 0 Å². The van der Waals surface area contributed by atoms with E-state index in [1.807, 2.05) is 4.90 Å². The van der Waals surface area contributed by atoms with Crippen molar-refractivity contribution in [1.29, 1.82) is 0 Å². The van der Waals surface area contributed by atoms with Crippen molar-refractivity contribution in [2.75, 3.05) is 12.3 Å². The second-order valence-electron chi connectivity index (χ2n) is 4.56. The van der Waals surface area contributed by atoms with Gasteiger partial charge in [0, 0.05) is 18.2 Å². The van der Waals surface area contributed by atoms with Gasteiger partial charge >= 0.3 is 0 Å². The Kier molecular flexibility index (Phi) is 4.03. The molecule has 1 aliphatic heterocycles. The number of hydrogen-bond acceptors (Lipinski definition) is 2. The normalized spacial score (nSPS) is 19.3. The molecule has 0 saturated carbocycles. The Morgan fingerprint density at radius 2 is 2.06 bits per heavy atom. The molecule has 2 N–H and O–H groups in total. The average Bonchev–Trinajstić information content (AvgIpc) is 2.82. The number of anilines is 1. The van der Waals surface area contributed by atoms with Crippen LogP contribution in [0.1, 0.15) is 36.5 Å². The number of halogens is 2. The lowest BCUT2D eigenvalue weighted by Gasteiger charge is -2.24. The lowest BCUT2D eigenvalue weighted by atomic mass is 10.1. The van der Waals surface area contributed by atoms with Gasteiger partial charge in [-0.2, -0.15) is 0 Å². The van der Waals surface area contributed by atoms with Gasteiger partial charge in [0.1, 0.15) is 0 Å². The quantitative estimate of drug-likeness (QED) is 0.845. The van der Waals surface area contributed by atoms with E-state index in [1.54, 1.807) is 12.1 Å². The van der Waals surface area contributed by atoms with Gasteiger partial charge in [-0.3, -0.25) is 4.79 Å². The van der Waals surface area contributed by atoms with Crippen molar-refractivity contribution >= 4 is 34.8 Å². The fraction of sp³-hybridized carbons (Fsp3) is 0.462. The highest BCUT2D eigenvalue weighted by molar-refractivity contribution is 6.39. The summed E-state index contributed by atoms with van der Waals surface area (Å²) in [4.78, 5) is 14.3. The van der Waals surface area contributed by atoms with Gasteiger partial charge in [-0.15, -0.1) is 0 Å². The zero-order chi connectivity index (χ0) is 13.3. The van der Waals surface area contributed by atoms with Crippen molar-refractivity contribution < 1.29 is 4.79 Å². The number of amides is 1. The van der Waals surface area contributed by atoms with Crippen molar-refractivity contribution in [3.8, 4) is 0 Å². The van der Waals surface area contributed by atoms with Crippen LogP contribution < -0.4 is 5.73 Å². The lowest BCUT2D eigenvalue weighted by Crippen LogP contribution is -2.35.